The number of nitriles is 1. The van der Waals surface area contributed by atoms with Gasteiger partial charge in [-0.15, -0.1) is 0 Å². The molecular formula is C12H23N3. The molecule has 1 atom stereocenters. The molecule has 0 radical (unpaired) electrons. The van der Waals surface area contributed by atoms with Crippen molar-refractivity contribution in [2.75, 3.05) is 32.7 Å². The van der Waals surface area contributed by atoms with Gasteiger partial charge < -0.3 is 4.90 Å². The summed E-state index contributed by atoms with van der Waals surface area (Å²) < 4.78 is 0. The van der Waals surface area contributed by atoms with E-state index in [4.69, 9.17) is 5.26 Å². The third-order valence-electron chi connectivity index (χ3n) is 3.21. The second kappa shape index (κ2) is 6.81. The molecular weight excluding hydrogens is 186 g/mol. The first kappa shape index (κ1) is 12.5. The van der Waals surface area contributed by atoms with Crippen LogP contribution in [0, 0.1) is 11.3 Å². The monoisotopic (exact) mass is 209 g/mol. The number of nitrogens with zero attached hydrogens (tertiary/aromatic N) is 3. The molecule has 3 heteroatoms. The molecule has 0 N–H and O–H groups in total. The van der Waals surface area contributed by atoms with Crippen LogP contribution in [0.1, 0.15) is 33.1 Å². The van der Waals surface area contributed by atoms with Gasteiger partial charge in [0.1, 0.15) is 0 Å². The molecule has 0 spiro atoms. The molecule has 0 amide bonds. The summed E-state index contributed by atoms with van der Waals surface area (Å²) in [5.41, 5.74) is 0. The van der Waals surface area contributed by atoms with Crippen molar-refractivity contribution in [3.63, 3.8) is 0 Å². The van der Waals surface area contributed by atoms with E-state index in [1.54, 1.807) is 0 Å². The van der Waals surface area contributed by atoms with Crippen molar-refractivity contribution in [3.05, 3.63) is 0 Å². The minimum absolute atomic E-state index is 0.137. The summed E-state index contributed by atoms with van der Waals surface area (Å²) in [6, 6.07) is 2.52. The third kappa shape index (κ3) is 3.81. The van der Waals surface area contributed by atoms with Gasteiger partial charge in [-0.2, -0.15) is 5.26 Å². The van der Waals surface area contributed by atoms with Crippen LogP contribution in [-0.2, 0) is 0 Å². The lowest BCUT2D eigenvalue weighted by molar-refractivity contribution is 0.112. The van der Waals surface area contributed by atoms with Crippen molar-refractivity contribution in [2.24, 2.45) is 0 Å². The normalized spacial score (nSPS) is 21.1. The SMILES string of the molecule is CCCCN1CCN(C(C#N)CC)CC1. The van der Waals surface area contributed by atoms with E-state index in [0.29, 0.717) is 0 Å². The van der Waals surface area contributed by atoms with Gasteiger partial charge in [-0.1, -0.05) is 20.3 Å². The van der Waals surface area contributed by atoms with Crippen LogP contribution >= 0.6 is 0 Å². The molecule has 0 bridgehead atoms. The van der Waals surface area contributed by atoms with Gasteiger partial charge in [0.15, 0.2) is 0 Å². The van der Waals surface area contributed by atoms with E-state index >= 15 is 0 Å². The lowest BCUT2D eigenvalue weighted by Crippen LogP contribution is -2.49. The van der Waals surface area contributed by atoms with Gasteiger partial charge in [0.25, 0.3) is 0 Å². The minimum Gasteiger partial charge on any atom is -0.301 e. The summed E-state index contributed by atoms with van der Waals surface area (Å²) in [4.78, 5) is 4.84. The van der Waals surface area contributed by atoms with E-state index in [1.165, 1.54) is 19.4 Å². The molecule has 0 aromatic carbocycles. The van der Waals surface area contributed by atoms with Crippen LogP contribution in [0.4, 0.5) is 0 Å². The molecule has 0 aromatic heterocycles. The summed E-state index contributed by atoms with van der Waals surface area (Å²) in [7, 11) is 0. The third-order valence-corrected chi connectivity index (χ3v) is 3.21. The van der Waals surface area contributed by atoms with Crippen molar-refractivity contribution < 1.29 is 0 Å². The number of hydrogen-bond acceptors (Lipinski definition) is 3. The minimum atomic E-state index is 0.137. The zero-order valence-corrected chi connectivity index (χ0v) is 10.1. The number of piperazine rings is 1. The largest absolute Gasteiger partial charge is 0.301 e. The summed E-state index contributed by atoms with van der Waals surface area (Å²) >= 11 is 0. The molecule has 1 aliphatic rings. The average molecular weight is 209 g/mol. The first-order chi connectivity index (χ1) is 7.31. The Hall–Kier alpha value is -0.590. The van der Waals surface area contributed by atoms with Gasteiger partial charge in [-0.05, 0) is 19.4 Å². The fourth-order valence-corrected chi connectivity index (χ4v) is 2.11. The quantitative estimate of drug-likeness (QED) is 0.690. The van der Waals surface area contributed by atoms with E-state index in [2.05, 4.69) is 29.7 Å². The molecule has 0 aromatic rings. The lowest BCUT2D eigenvalue weighted by Gasteiger charge is -2.36. The summed E-state index contributed by atoms with van der Waals surface area (Å²) in [6.45, 7) is 9.96. The Morgan fingerprint density at radius 2 is 1.87 bits per heavy atom. The molecule has 0 aliphatic carbocycles. The molecule has 1 rings (SSSR count). The molecule has 1 saturated heterocycles. The van der Waals surface area contributed by atoms with Crippen LogP contribution in [0.25, 0.3) is 0 Å². The van der Waals surface area contributed by atoms with Gasteiger partial charge in [-0.3, -0.25) is 4.90 Å². The maximum absolute atomic E-state index is 8.98. The fourth-order valence-electron chi connectivity index (χ4n) is 2.11. The van der Waals surface area contributed by atoms with Crippen LogP contribution in [0.5, 0.6) is 0 Å². The Kier molecular flexibility index (Phi) is 5.67. The molecule has 1 fully saturated rings. The van der Waals surface area contributed by atoms with Crippen molar-refractivity contribution in [2.45, 2.75) is 39.2 Å². The Morgan fingerprint density at radius 1 is 1.20 bits per heavy atom. The second-order valence-electron chi connectivity index (χ2n) is 4.28. The predicted molar refractivity (Wildman–Crippen MR) is 62.6 cm³/mol. The summed E-state index contributed by atoms with van der Waals surface area (Å²) in [6.07, 6.45) is 3.52. The van der Waals surface area contributed by atoms with Gasteiger partial charge in [-0.25, -0.2) is 0 Å². The van der Waals surface area contributed by atoms with Crippen LogP contribution in [-0.4, -0.2) is 48.6 Å². The fraction of sp³-hybridized carbons (Fsp3) is 0.917. The smallest absolute Gasteiger partial charge is 0.0976 e. The maximum atomic E-state index is 8.98. The molecule has 1 unspecified atom stereocenters. The van der Waals surface area contributed by atoms with E-state index in [1.807, 2.05) is 0 Å². The van der Waals surface area contributed by atoms with Crippen molar-refractivity contribution in [1.82, 2.24) is 9.80 Å². The second-order valence-corrected chi connectivity index (χ2v) is 4.28. The van der Waals surface area contributed by atoms with E-state index in [9.17, 15) is 0 Å². The predicted octanol–water partition coefficient (Wildman–Crippen LogP) is 1.71. The number of hydrogen-bond donors (Lipinski definition) is 0. The van der Waals surface area contributed by atoms with Crippen LogP contribution < -0.4 is 0 Å². The van der Waals surface area contributed by atoms with Gasteiger partial charge in [0, 0.05) is 26.2 Å². The molecule has 0 saturated carbocycles. The molecule has 1 aliphatic heterocycles. The highest BCUT2D eigenvalue weighted by Gasteiger charge is 2.21. The first-order valence-corrected chi connectivity index (χ1v) is 6.17. The first-order valence-electron chi connectivity index (χ1n) is 6.17. The topological polar surface area (TPSA) is 30.3 Å². The van der Waals surface area contributed by atoms with Crippen molar-refractivity contribution in [1.29, 1.82) is 5.26 Å². The lowest BCUT2D eigenvalue weighted by atomic mass is 10.2. The van der Waals surface area contributed by atoms with Gasteiger partial charge >= 0.3 is 0 Å². The standard InChI is InChI=1S/C12H23N3/c1-3-5-6-14-7-9-15(10-8-14)12(4-2)11-13/h12H,3-10H2,1-2H3. The van der Waals surface area contributed by atoms with Gasteiger partial charge in [0.05, 0.1) is 12.1 Å². The average Bonchev–Trinajstić information content (AvgIpc) is 2.29. The summed E-state index contributed by atoms with van der Waals surface area (Å²) in [5.74, 6) is 0. The Balaban J connectivity index is 2.26. The Morgan fingerprint density at radius 3 is 2.33 bits per heavy atom. The van der Waals surface area contributed by atoms with Crippen LogP contribution in [0.3, 0.4) is 0 Å². The van der Waals surface area contributed by atoms with Crippen molar-refractivity contribution in [3.8, 4) is 6.07 Å². The van der Waals surface area contributed by atoms with Crippen molar-refractivity contribution >= 4 is 0 Å². The highest BCUT2D eigenvalue weighted by Crippen LogP contribution is 2.09. The van der Waals surface area contributed by atoms with Crippen LogP contribution in [0.2, 0.25) is 0 Å². The van der Waals surface area contributed by atoms with Crippen LogP contribution in [0.15, 0.2) is 0 Å². The number of rotatable bonds is 5. The highest BCUT2D eigenvalue weighted by atomic mass is 15.3. The summed E-state index contributed by atoms with van der Waals surface area (Å²) in [5, 5.41) is 8.98. The van der Waals surface area contributed by atoms with E-state index < -0.39 is 0 Å². The molecule has 15 heavy (non-hydrogen) atoms. The molecule has 3 nitrogen and oxygen atoms in total. The zero-order valence-electron chi connectivity index (χ0n) is 10.1. The Labute approximate surface area is 93.7 Å². The molecule has 86 valence electrons. The van der Waals surface area contributed by atoms with E-state index in [0.717, 1.165) is 32.6 Å². The molecule has 1 heterocycles. The highest BCUT2D eigenvalue weighted by molar-refractivity contribution is 4.92. The Bertz CT molecular complexity index is 201. The zero-order chi connectivity index (χ0) is 11.1. The van der Waals surface area contributed by atoms with Gasteiger partial charge in [0.2, 0.25) is 0 Å². The number of unbranched alkanes of at least 4 members (excludes halogenated alkanes) is 1. The maximum Gasteiger partial charge on any atom is 0.0976 e. The van der Waals surface area contributed by atoms with E-state index in [-0.39, 0.29) is 6.04 Å².